The Morgan fingerprint density at radius 2 is 2.00 bits per heavy atom. The normalized spacial score (nSPS) is 19.0. The first-order valence-corrected chi connectivity index (χ1v) is 5.53. The fraction of sp³-hybridized carbons (Fsp3) is 0.462. The lowest BCUT2D eigenvalue weighted by atomic mass is 10.0. The monoisotopic (exact) mass is 219 g/mol. The number of fused-ring (bicyclic) bond motifs is 1. The summed E-state index contributed by atoms with van der Waals surface area (Å²) in [6.07, 6.45) is -0.174. The van der Waals surface area contributed by atoms with Crippen LogP contribution in [-0.2, 0) is 11.3 Å². The van der Waals surface area contributed by atoms with E-state index in [9.17, 15) is 4.79 Å². The molecule has 0 aliphatic carbocycles. The van der Waals surface area contributed by atoms with E-state index in [4.69, 9.17) is 4.74 Å². The van der Waals surface area contributed by atoms with Crippen molar-refractivity contribution in [1.29, 1.82) is 0 Å². The average Bonchev–Trinajstić information content (AvgIpc) is 2.19. The van der Waals surface area contributed by atoms with E-state index in [1.54, 1.807) is 11.8 Å². The summed E-state index contributed by atoms with van der Waals surface area (Å²) in [5.74, 6) is 0.962. The van der Waals surface area contributed by atoms with Gasteiger partial charge in [0.1, 0.15) is 5.75 Å². The summed E-state index contributed by atoms with van der Waals surface area (Å²) in [5.41, 5.74) is 3.55. The van der Waals surface area contributed by atoms with Crippen molar-refractivity contribution < 1.29 is 9.53 Å². The van der Waals surface area contributed by atoms with Gasteiger partial charge >= 0.3 is 0 Å². The van der Waals surface area contributed by atoms with Crippen molar-refractivity contribution in [2.45, 2.75) is 40.5 Å². The third kappa shape index (κ3) is 1.77. The first kappa shape index (κ1) is 11.0. The molecule has 86 valence electrons. The number of carbonyl (C=O) groups excluding carboxylic acids is 1. The van der Waals surface area contributed by atoms with Crippen LogP contribution in [0.4, 0.5) is 0 Å². The van der Waals surface area contributed by atoms with E-state index in [2.05, 4.69) is 26.0 Å². The summed E-state index contributed by atoms with van der Waals surface area (Å²) in [4.78, 5) is 13.2. The van der Waals surface area contributed by atoms with Crippen molar-refractivity contribution in [3.8, 4) is 5.75 Å². The lowest BCUT2D eigenvalue weighted by Gasteiger charge is -2.34. The highest BCUT2D eigenvalue weighted by Gasteiger charge is 2.26. The maximum atomic E-state index is 11.4. The van der Waals surface area contributed by atoms with Gasteiger partial charge in [-0.3, -0.25) is 4.79 Å². The van der Waals surface area contributed by atoms with Crippen LogP contribution >= 0.6 is 0 Å². The third-order valence-electron chi connectivity index (χ3n) is 3.16. The second-order valence-electron chi connectivity index (χ2n) is 4.41. The van der Waals surface area contributed by atoms with Gasteiger partial charge in [-0.25, -0.2) is 0 Å². The molecule has 1 aliphatic heterocycles. The minimum Gasteiger partial charge on any atom is -0.470 e. The molecular formula is C13H17NO2. The summed E-state index contributed by atoms with van der Waals surface area (Å²) < 4.78 is 5.75. The molecule has 3 heteroatoms. The molecule has 0 spiro atoms. The maximum Gasteiger partial charge on any atom is 0.222 e. The molecule has 16 heavy (non-hydrogen) atoms. The van der Waals surface area contributed by atoms with Gasteiger partial charge in [0.25, 0.3) is 0 Å². The van der Waals surface area contributed by atoms with Gasteiger partial charge in [-0.05, 0) is 38.0 Å². The highest BCUT2D eigenvalue weighted by molar-refractivity contribution is 5.74. The zero-order valence-corrected chi connectivity index (χ0v) is 10.2. The fourth-order valence-electron chi connectivity index (χ4n) is 2.01. The number of carbonyl (C=O) groups is 1. The van der Waals surface area contributed by atoms with Gasteiger partial charge in [0, 0.05) is 12.5 Å². The van der Waals surface area contributed by atoms with Crippen molar-refractivity contribution in [3.05, 3.63) is 28.8 Å². The van der Waals surface area contributed by atoms with E-state index < -0.39 is 0 Å². The van der Waals surface area contributed by atoms with Crippen LogP contribution in [0.25, 0.3) is 0 Å². The average molecular weight is 219 g/mol. The highest BCUT2D eigenvalue weighted by Crippen LogP contribution is 2.30. The topological polar surface area (TPSA) is 29.5 Å². The summed E-state index contributed by atoms with van der Waals surface area (Å²) in [6.45, 7) is 8.27. The van der Waals surface area contributed by atoms with Gasteiger partial charge < -0.3 is 9.64 Å². The van der Waals surface area contributed by atoms with Gasteiger partial charge in [-0.2, -0.15) is 0 Å². The Labute approximate surface area is 96.0 Å². The number of rotatable bonds is 0. The van der Waals surface area contributed by atoms with Crippen molar-refractivity contribution in [1.82, 2.24) is 4.90 Å². The van der Waals surface area contributed by atoms with Crippen LogP contribution in [0.5, 0.6) is 5.75 Å². The standard InChI is InChI=1S/C13H17NO2/c1-8-5-12-7-14(10(3)15)11(4)16-13(12)6-9(8)2/h5-6,11H,7H2,1-4H3. The molecule has 1 atom stereocenters. The second kappa shape index (κ2) is 3.81. The number of benzene rings is 1. The largest absolute Gasteiger partial charge is 0.470 e. The molecule has 0 fully saturated rings. The number of ether oxygens (including phenoxy) is 1. The molecule has 1 amide bonds. The predicted molar refractivity (Wildman–Crippen MR) is 62.2 cm³/mol. The van der Waals surface area contributed by atoms with E-state index >= 15 is 0 Å². The van der Waals surface area contributed by atoms with E-state index in [0.717, 1.165) is 11.3 Å². The van der Waals surface area contributed by atoms with Gasteiger partial charge in [-0.15, -0.1) is 0 Å². The zero-order chi connectivity index (χ0) is 11.9. The molecule has 1 unspecified atom stereocenters. The number of aryl methyl sites for hydroxylation is 2. The Morgan fingerprint density at radius 1 is 1.38 bits per heavy atom. The number of nitrogens with zero attached hydrogens (tertiary/aromatic N) is 1. The lowest BCUT2D eigenvalue weighted by Crippen LogP contribution is -2.43. The van der Waals surface area contributed by atoms with E-state index in [1.807, 2.05) is 6.92 Å². The predicted octanol–water partition coefficient (Wildman–Crippen LogP) is 2.39. The Balaban J connectivity index is 2.39. The van der Waals surface area contributed by atoms with Gasteiger partial charge in [0.2, 0.25) is 5.91 Å². The molecule has 1 aromatic carbocycles. The lowest BCUT2D eigenvalue weighted by molar-refractivity contribution is -0.138. The van der Waals surface area contributed by atoms with E-state index in [0.29, 0.717) is 6.54 Å². The van der Waals surface area contributed by atoms with Crippen LogP contribution in [0, 0.1) is 13.8 Å². The molecule has 0 saturated heterocycles. The van der Waals surface area contributed by atoms with E-state index in [1.165, 1.54) is 11.1 Å². The molecule has 0 bridgehead atoms. The molecule has 0 saturated carbocycles. The summed E-state index contributed by atoms with van der Waals surface area (Å²) in [6, 6.07) is 4.16. The molecule has 1 aliphatic rings. The molecule has 0 N–H and O–H groups in total. The molecule has 0 aromatic heterocycles. The fourth-order valence-corrected chi connectivity index (χ4v) is 2.01. The van der Waals surface area contributed by atoms with Gasteiger partial charge in [0.15, 0.2) is 6.23 Å². The highest BCUT2D eigenvalue weighted by atomic mass is 16.5. The molecule has 0 radical (unpaired) electrons. The summed E-state index contributed by atoms with van der Waals surface area (Å²) in [5, 5.41) is 0. The minimum absolute atomic E-state index is 0.0522. The number of amides is 1. The van der Waals surface area contributed by atoms with Crippen LogP contribution in [0.15, 0.2) is 12.1 Å². The maximum absolute atomic E-state index is 11.4. The Morgan fingerprint density at radius 3 is 2.62 bits per heavy atom. The summed E-state index contributed by atoms with van der Waals surface area (Å²) >= 11 is 0. The number of hydrogen-bond donors (Lipinski definition) is 0. The zero-order valence-electron chi connectivity index (χ0n) is 10.2. The van der Waals surface area contributed by atoms with Crippen LogP contribution in [0.1, 0.15) is 30.5 Å². The van der Waals surface area contributed by atoms with Crippen molar-refractivity contribution in [2.24, 2.45) is 0 Å². The first-order valence-electron chi connectivity index (χ1n) is 5.53. The smallest absolute Gasteiger partial charge is 0.222 e. The van der Waals surface area contributed by atoms with Crippen LogP contribution in [0.3, 0.4) is 0 Å². The molecule has 1 heterocycles. The summed E-state index contributed by atoms with van der Waals surface area (Å²) in [7, 11) is 0. The molecular weight excluding hydrogens is 202 g/mol. The van der Waals surface area contributed by atoms with Crippen molar-refractivity contribution in [3.63, 3.8) is 0 Å². The Hall–Kier alpha value is -1.51. The number of hydrogen-bond acceptors (Lipinski definition) is 2. The van der Waals surface area contributed by atoms with Gasteiger partial charge in [0.05, 0.1) is 6.54 Å². The SMILES string of the molecule is CC(=O)N1Cc2cc(C)c(C)cc2OC1C. The molecule has 2 rings (SSSR count). The van der Waals surface area contributed by atoms with Crippen molar-refractivity contribution >= 4 is 5.91 Å². The van der Waals surface area contributed by atoms with Crippen LogP contribution in [-0.4, -0.2) is 17.0 Å². The third-order valence-corrected chi connectivity index (χ3v) is 3.16. The molecule has 3 nitrogen and oxygen atoms in total. The van der Waals surface area contributed by atoms with Crippen LogP contribution in [0.2, 0.25) is 0 Å². The van der Waals surface area contributed by atoms with Crippen LogP contribution < -0.4 is 4.74 Å². The Kier molecular flexibility index (Phi) is 2.62. The second-order valence-corrected chi connectivity index (χ2v) is 4.41. The van der Waals surface area contributed by atoms with Crippen molar-refractivity contribution in [2.75, 3.05) is 0 Å². The minimum atomic E-state index is -0.174. The quantitative estimate of drug-likeness (QED) is 0.670. The first-order chi connectivity index (χ1) is 7.49. The Bertz CT molecular complexity index is 440. The van der Waals surface area contributed by atoms with E-state index in [-0.39, 0.29) is 12.1 Å². The van der Waals surface area contributed by atoms with Gasteiger partial charge in [-0.1, -0.05) is 6.07 Å². The molecule has 1 aromatic rings.